The van der Waals surface area contributed by atoms with Crippen LogP contribution in [-0.2, 0) is 9.47 Å². The molecule has 6 atom stereocenters. The Bertz CT molecular complexity index is 1030. The number of hydrogen-bond donors (Lipinski definition) is 8. The minimum absolute atomic E-state index is 0.0343. The zero-order chi connectivity index (χ0) is 23.2. The van der Waals surface area contributed by atoms with Crippen LogP contribution in [0.5, 0.6) is 28.7 Å². The second-order valence-electron chi connectivity index (χ2n) is 7.48. The van der Waals surface area contributed by atoms with Crippen molar-refractivity contribution in [3.05, 3.63) is 47.2 Å². The fourth-order valence-corrected chi connectivity index (χ4v) is 3.57. The van der Waals surface area contributed by atoms with Crippen molar-refractivity contribution in [1.29, 1.82) is 0 Å². The first-order valence-corrected chi connectivity index (χ1v) is 9.63. The molecule has 172 valence electrons. The highest BCUT2D eigenvalue weighted by Crippen LogP contribution is 2.45. The number of ether oxygens (including phenoxy) is 3. The Hall–Kier alpha value is -3.22. The van der Waals surface area contributed by atoms with E-state index in [9.17, 15) is 40.9 Å². The summed E-state index contributed by atoms with van der Waals surface area (Å²) in [5, 5.41) is 79.2. The smallest absolute Gasteiger partial charge is 0.228 e. The predicted molar refractivity (Wildman–Crippen MR) is 106 cm³/mol. The van der Waals surface area contributed by atoms with E-state index >= 15 is 0 Å². The second kappa shape index (κ2) is 8.37. The van der Waals surface area contributed by atoms with Crippen molar-refractivity contribution < 1.29 is 55.1 Å². The van der Waals surface area contributed by atoms with Gasteiger partial charge in [-0.1, -0.05) is 6.07 Å². The molecule has 8 N–H and O–H groups in total. The van der Waals surface area contributed by atoms with Crippen molar-refractivity contribution in [1.82, 2.24) is 0 Å². The number of aliphatic hydroxyl groups is 4. The van der Waals surface area contributed by atoms with E-state index in [1.807, 2.05) is 0 Å². The summed E-state index contributed by atoms with van der Waals surface area (Å²) in [5.74, 6) is -1.36. The summed E-state index contributed by atoms with van der Waals surface area (Å²) in [5.41, 5.74) is 0.436. The number of phenols is 4. The van der Waals surface area contributed by atoms with Crippen molar-refractivity contribution in [2.45, 2.75) is 36.8 Å². The number of benzene rings is 2. The molecule has 2 aromatic carbocycles. The molecule has 11 heteroatoms. The van der Waals surface area contributed by atoms with Crippen molar-refractivity contribution in [3.8, 4) is 28.7 Å². The topological polar surface area (TPSA) is 190 Å². The maximum atomic E-state index is 10.3. The molecule has 0 aliphatic carbocycles. The van der Waals surface area contributed by atoms with E-state index in [4.69, 9.17) is 14.2 Å². The van der Waals surface area contributed by atoms with E-state index < -0.39 is 49.2 Å². The van der Waals surface area contributed by atoms with Gasteiger partial charge in [-0.25, -0.2) is 0 Å². The number of fused-ring (bicyclic) bond motifs is 1. The fraction of sp³-hybridized carbons (Fsp3) is 0.333. The summed E-state index contributed by atoms with van der Waals surface area (Å²) in [6, 6.07) is 6.19. The van der Waals surface area contributed by atoms with Crippen LogP contribution in [0.2, 0.25) is 0 Å². The summed E-state index contributed by atoms with van der Waals surface area (Å²) < 4.78 is 17.0. The van der Waals surface area contributed by atoms with Gasteiger partial charge in [0.2, 0.25) is 6.29 Å². The van der Waals surface area contributed by atoms with Crippen LogP contribution >= 0.6 is 0 Å². The van der Waals surface area contributed by atoms with Gasteiger partial charge in [0.15, 0.2) is 17.6 Å². The van der Waals surface area contributed by atoms with Crippen LogP contribution < -0.4 is 4.74 Å². The number of rotatable bonds is 4. The van der Waals surface area contributed by atoms with Crippen molar-refractivity contribution in [2.24, 2.45) is 0 Å². The van der Waals surface area contributed by atoms with E-state index in [0.29, 0.717) is 5.56 Å². The Balaban J connectivity index is 1.74. The zero-order valence-corrected chi connectivity index (χ0v) is 16.4. The maximum Gasteiger partial charge on any atom is 0.228 e. The molecule has 11 nitrogen and oxygen atoms in total. The van der Waals surface area contributed by atoms with Gasteiger partial charge in [0.05, 0.1) is 12.2 Å². The summed E-state index contributed by atoms with van der Waals surface area (Å²) >= 11 is 0. The van der Waals surface area contributed by atoms with Crippen LogP contribution in [0, 0.1) is 0 Å². The standard InChI is InChI=1S/C21H22O11/c22-7-16-17(27)18(28)19(29)21(32-16)31-15-6-10-12(25)4-9(23)5-14(10)30-20(15)8-1-2-11(24)13(26)3-8/h1-6,16-29H,7H2/t16-,17-,18+,19-,20?,21+/m0/s1. The van der Waals surface area contributed by atoms with Gasteiger partial charge in [0, 0.05) is 17.7 Å². The first-order chi connectivity index (χ1) is 15.2. The highest BCUT2D eigenvalue weighted by atomic mass is 16.7. The highest BCUT2D eigenvalue weighted by molar-refractivity contribution is 5.69. The Morgan fingerprint density at radius 3 is 2.28 bits per heavy atom. The molecule has 4 rings (SSSR count). The molecule has 1 fully saturated rings. The average molecular weight is 450 g/mol. The highest BCUT2D eigenvalue weighted by Gasteiger charge is 2.46. The van der Waals surface area contributed by atoms with Crippen LogP contribution in [0.3, 0.4) is 0 Å². The molecule has 0 spiro atoms. The van der Waals surface area contributed by atoms with Gasteiger partial charge < -0.3 is 55.1 Å². The van der Waals surface area contributed by atoms with E-state index in [-0.39, 0.29) is 34.3 Å². The Morgan fingerprint density at radius 2 is 1.59 bits per heavy atom. The molecule has 2 heterocycles. The van der Waals surface area contributed by atoms with Crippen molar-refractivity contribution in [3.63, 3.8) is 0 Å². The summed E-state index contributed by atoms with van der Waals surface area (Å²) in [7, 11) is 0. The monoisotopic (exact) mass is 450 g/mol. The van der Waals surface area contributed by atoms with Gasteiger partial charge in [0.1, 0.15) is 47.4 Å². The normalized spacial score (nSPS) is 29.6. The quantitative estimate of drug-likeness (QED) is 0.288. The Kier molecular flexibility index (Phi) is 5.75. The van der Waals surface area contributed by atoms with E-state index in [0.717, 1.165) is 6.07 Å². The molecular formula is C21H22O11. The molecule has 0 saturated carbocycles. The first-order valence-electron chi connectivity index (χ1n) is 9.63. The molecule has 0 aromatic heterocycles. The minimum atomic E-state index is -1.70. The molecule has 0 amide bonds. The lowest BCUT2D eigenvalue weighted by molar-refractivity contribution is -0.293. The summed E-state index contributed by atoms with van der Waals surface area (Å²) in [6.45, 7) is -0.654. The van der Waals surface area contributed by atoms with E-state index in [1.165, 1.54) is 30.3 Å². The lowest BCUT2D eigenvalue weighted by Crippen LogP contribution is -2.59. The largest absolute Gasteiger partial charge is 0.508 e. The van der Waals surface area contributed by atoms with Gasteiger partial charge in [-0.3, -0.25) is 0 Å². The van der Waals surface area contributed by atoms with Crippen molar-refractivity contribution in [2.75, 3.05) is 6.61 Å². The van der Waals surface area contributed by atoms with Gasteiger partial charge in [-0.15, -0.1) is 0 Å². The van der Waals surface area contributed by atoms with E-state index in [1.54, 1.807) is 0 Å². The SMILES string of the molecule is OC[C@@H]1O[C@@H](OC2=Cc3c(O)cc(O)cc3OC2c2ccc(O)c(O)c2)[C@@H](O)[C@H](O)[C@H]1O. The lowest BCUT2D eigenvalue weighted by atomic mass is 9.98. The minimum Gasteiger partial charge on any atom is -0.508 e. The number of hydrogen-bond acceptors (Lipinski definition) is 11. The van der Waals surface area contributed by atoms with Crippen LogP contribution in [0.1, 0.15) is 17.2 Å². The molecule has 2 aliphatic heterocycles. The van der Waals surface area contributed by atoms with Gasteiger partial charge in [0.25, 0.3) is 0 Å². The molecule has 1 saturated heterocycles. The van der Waals surface area contributed by atoms with Crippen LogP contribution in [0.4, 0.5) is 0 Å². The second-order valence-corrected chi connectivity index (χ2v) is 7.48. The third kappa shape index (κ3) is 3.87. The molecule has 1 unspecified atom stereocenters. The average Bonchev–Trinajstić information content (AvgIpc) is 2.76. The molecule has 0 radical (unpaired) electrons. The Labute approximate surface area is 181 Å². The molecular weight excluding hydrogens is 428 g/mol. The van der Waals surface area contributed by atoms with Crippen LogP contribution in [0.15, 0.2) is 36.1 Å². The molecule has 32 heavy (non-hydrogen) atoms. The van der Waals surface area contributed by atoms with Crippen LogP contribution in [0.25, 0.3) is 6.08 Å². The predicted octanol–water partition coefficient (Wildman–Crippen LogP) is -0.200. The lowest BCUT2D eigenvalue weighted by Gasteiger charge is -2.41. The first kappa shape index (κ1) is 22.0. The van der Waals surface area contributed by atoms with Gasteiger partial charge in [-0.2, -0.15) is 0 Å². The number of phenolic OH excluding ortho intramolecular Hbond substituents is 4. The zero-order valence-electron chi connectivity index (χ0n) is 16.4. The number of aromatic hydroxyl groups is 4. The summed E-state index contributed by atoms with van der Waals surface area (Å²) in [6.07, 6.45) is -7.44. The van der Waals surface area contributed by atoms with Gasteiger partial charge in [-0.05, 0) is 18.2 Å². The van der Waals surface area contributed by atoms with E-state index in [2.05, 4.69) is 0 Å². The third-order valence-corrected chi connectivity index (χ3v) is 5.30. The third-order valence-electron chi connectivity index (χ3n) is 5.30. The fourth-order valence-electron chi connectivity index (χ4n) is 3.57. The summed E-state index contributed by atoms with van der Waals surface area (Å²) in [4.78, 5) is 0. The molecule has 2 aromatic rings. The molecule has 2 aliphatic rings. The Morgan fingerprint density at radius 1 is 0.844 bits per heavy atom. The number of aliphatic hydroxyl groups excluding tert-OH is 4. The molecule has 0 bridgehead atoms. The van der Waals surface area contributed by atoms with Crippen molar-refractivity contribution >= 4 is 6.08 Å². The van der Waals surface area contributed by atoms with Gasteiger partial charge >= 0.3 is 0 Å². The van der Waals surface area contributed by atoms with Crippen LogP contribution in [-0.4, -0.2) is 78.2 Å². The maximum absolute atomic E-state index is 10.3.